The van der Waals surface area contributed by atoms with E-state index in [0.29, 0.717) is 36.1 Å². The summed E-state index contributed by atoms with van der Waals surface area (Å²) in [7, 11) is 0. The van der Waals surface area contributed by atoms with Crippen LogP contribution in [-0.4, -0.2) is 64.4 Å². The number of carbonyl (C=O) groups excluding carboxylic acids is 2. The number of carbonyl (C=O) groups is 2. The molecule has 0 atom stereocenters. The van der Waals surface area contributed by atoms with Crippen LogP contribution in [0.25, 0.3) is 0 Å². The summed E-state index contributed by atoms with van der Waals surface area (Å²) in [6.45, 7) is 7.56. The number of piperazine rings is 1. The molecule has 1 aliphatic rings. The second-order valence-electron chi connectivity index (χ2n) is 6.47. The zero-order valence-corrected chi connectivity index (χ0v) is 15.1. The van der Waals surface area contributed by atoms with Gasteiger partial charge in [-0.1, -0.05) is 17.3 Å². The van der Waals surface area contributed by atoms with Crippen LogP contribution >= 0.6 is 0 Å². The van der Waals surface area contributed by atoms with Gasteiger partial charge in [-0.05, 0) is 26.0 Å². The first-order chi connectivity index (χ1) is 12.5. The van der Waals surface area contributed by atoms with Gasteiger partial charge in [-0.3, -0.25) is 19.4 Å². The largest absolute Gasteiger partial charge is 0.338 e. The van der Waals surface area contributed by atoms with Gasteiger partial charge in [-0.15, -0.1) is 0 Å². The van der Waals surface area contributed by atoms with Crippen molar-refractivity contribution in [2.45, 2.75) is 20.4 Å². The quantitative estimate of drug-likeness (QED) is 0.780. The van der Waals surface area contributed by atoms with E-state index in [9.17, 15) is 9.59 Å². The summed E-state index contributed by atoms with van der Waals surface area (Å²) in [5.74, 6) is 1.17. The highest BCUT2D eigenvalue weighted by Crippen LogP contribution is 2.12. The van der Waals surface area contributed by atoms with E-state index in [1.54, 1.807) is 31.2 Å². The van der Waals surface area contributed by atoms with E-state index in [0.717, 1.165) is 26.2 Å². The fourth-order valence-corrected chi connectivity index (χ4v) is 2.92. The highest BCUT2D eigenvalue weighted by atomic mass is 16.5. The summed E-state index contributed by atoms with van der Waals surface area (Å²) >= 11 is 0. The van der Waals surface area contributed by atoms with Gasteiger partial charge < -0.3 is 9.84 Å². The molecule has 0 bridgehead atoms. The number of ketones is 1. The van der Waals surface area contributed by atoms with Crippen molar-refractivity contribution in [3.63, 3.8) is 0 Å². The van der Waals surface area contributed by atoms with E-state index in [1.807, 2.05) is 0 Å². The second kappa shape index (κ2) is 8.20. The molecule has 2 aromatic rings. The van der Waals surface area contributed by atoms with E-state index >= 15 is 0 Å². The summed E-state index contributed by atoms with van der Waals surface area (Å²) in [6.07, 6.45) is 0. The van der Waals surface area contributed by atoms with Crippen molar-refractivity contribution < 1.29 is 14.1 Å². The molecule has 0 saturated carbocycles. The van der Waals surface area contributed by atoms with Gasteiger partial charge in [0, 0.05) is 37.4 Å². The Labute approximate surface area is 152 Å². The Morgan fingerprint density at radius 1 is 1.19 bits per heavy atom. The van der Waals surface area contributed by atoms with Crippen LogP contribution in [0, 0.1) is 6.92 Å². The van der Waals surface area contributed by atoms with Crippen LogP contribution in [0.3, 0.4) is 0 Å². The monoisotopic (exact) mass is 357 g/mol. The first-order valence-electron chi connectivity index (χ1n) is 8.64. The zero-order valence-electron chi connectivity index (χ0n) is 15.1. The number of hydrogen-bond donors (Lipinski definition) is 1. The molecular weight excluding hydrogens is 334 g/mol. The standard InChI is InChI=1S/C18H23N5O3/c1-13(24)15-4-3-5-16(10-15)20-17(25)11-22-6-8-23(9-7-22)12-18-19-14(2)21-26-18/h3-5,10H,6-9,11-12H2,1-2H3,(H,20,25). The molecule has 0 spiro atoms. The predicted molar refractivity (Wildman–Crippen MR) is 95.8 cm³/mol. The average Bonchev–Trinajstić information content (AvgIpc) is 3.01. The fourth-order valence-electron chi connectivity index (χ4n) is 2.92. The van der Waals surface area contributed by atoms with E-state index < -0.39 is 0 Å². The van der Waals surface area contributed by atoms with Gasteiger partial charge in [0.05, 0.1) is 13.1 Å². The molecular formula is C18H23N5O3. The highest BCUT2D eigenvalue weighted by Gasteiger charge is 2.20. The Bertz CT molecular complexity index is 781. The minimum atomic E-state index is -0.0771. The third-order valence-electron chi connectivity index (χ3n) is 4.31. The van der Waals surface area contributed by atoms with Gasteiger partial charge in [-0.25, -0.2) is 0 Å². The Kier molecular flexibility index (Phi) is 5.75. The van der Waals surface area contributed by atoms with Gasteiger partial charge in [0.25, 0.3) is 0 Å². The molecule has 1 saturated heterocycles. The lowest BCUT2D eigenvalue weighted by molar-refractivity contribution is -0.117. The first kappa shape index (κ1) is 18.2. The molecule has 0 unspecified atom stereocenters. The topological polar surface area (TPSA) is 91.6 Å². The van der Waals surface area contributed by atoms with E-state index in [1.165, 1.54) is 6.92 Å². The third kappa shape index (κ3) is 4.96. The Morgan fingerprint density at radius 3 is 2.58 bits per heavy atom. The number of aryl methyl sites for hydroxylation is 1. The summed E-state index contributed by atoms with van der Waals surface area (Å²) in [4.78, 5) is 32.2. The number of aromatic nitrogens is 2. The summed E-state index contributed by atoms with van der Waals surface area (Å²) in [6, 6.07) is 6.99. The number of anilines is 1. The van der Waals surface area contributed by atoms with E-state index in [2.05, 4.69) is 25.3 Å². The highest BCUT2D eigenvalue weighted by molar-refractivity contribution is 5.97. The Balaban J connectivity index is 1.44. The van der Waals surface area contributed by atoms with Gasteiger partial charge in [0.1, 0.15) is 0 Å². The molecule has 8 nitrogen and oxygen atoms in total. The number of Topliss-reactive ketones (excluding diaryl/α,β-unsaturated/α-hetero) is 1. The molecule has 138 valence electrons. The molecule has 8 heteroatoms. The SMILES string of the molecule is CC(=O)c1cccc(NC(=O)CN2CCN(Cc3nc(C)no3)CC2)c1. The molecule has 1 aliphatic heterocycles. The van der Waals surface area contributed by atoms with Gasteiger partial charge in [0.2, 0.25) is 11.8 Å². The number of benzene rings is 1. The molecule has 1 aromatic carbocycles. The van der Waals surface area contributed by atoms with Crippen molar-refractivity contribution in [1.82, 2.24) is 19.9 Å². The molecule has 26 heavy (non-hydrogen) atoms. The second-order valence-corrected chi connectivity index (χ2v) is 6.47. The first-order valence-corrected chi connectivity index (χ1v) is 8.64. The Morgan fingerprint density at radius 2 is 1.92 bits per heavy atom. The van der Waals surface area contributed by atoms with Crippen LogP contribution in [0.4, 0.5) is 5.69 Å². The molecule has 2 heterocycles. The lowest BCUT2D eigenvalue weighted by Gasteiger charge is -2.33. The summed E-state index contributed by atoms with van der Waals surface area (Å²) in [5, 5.41) is 6.65. The molecule has 3 rings (SSSR count). The summed E-state index contributed by atoms with van der Waals surface area (Å²) < 4.78 is 5.15. The fraction of sp³-hybridized carbons (Fsp3) is 0.444. The normalized spacial score (nSPS) is 15.8. The van der Waals surface area contributed by atoms with Gasteiger partial charge in [-0.2, -0.15) is 4.98 Å². The van der Waals surface area contributed by atoms with Crippen molar-refractivity contribution in [3.8, 4) is 0 Å². The van der Waals surface area contributed by atoms with Crippen LogP contribution in [0.5, 0.6) is 0 Å². The van der Waals surface area contributed by atoms with E-state index in [4.69, 9.17) is 4.52 Å². The molecule has 0 aliphatic carbocycles. The lowest BCUT2D eigenvalue weighted by Crippen LogP contribution is -2.48. The lowest BCUT2D eigenvalue weighted by atomic mass is 10.1. The molecule has 1 amide bonds. The number of nitrogens with zero attached hydrogens (tertiary/aromatic N) is 4. The van der Waals surface area contributed by atoms with Crippen LogP contribution in [0.1, 0.15) is 29.0 Å². The van der Waals surface area contributed by atoms with Gasteiger partial charge >= 0.3 is 0 Å². The number of rotatable bonds is 6. The number of nitrogens with one attached hydrogen (secondary N) is 1. The van der Waals surface area contributed by atoms with Crippen LogP contribution in [0.2, 0.25) is 0 Å². The zero-order chi connectivity index (χ0) is 18.5. The third-order valence-corrected chi connectivity index (χ3v) is 4.31. The van der Waals surface area contributed by atoms with Crippen molar-refractivity contribution in [2.75, 3.05) is 38.0 Å². The molecule has 0 radical (unpaired) electrons. The number of amides is 1. The molecule has 1 fully saturated rings. The van der Waals surface area contributed by atoms with Crippen molar-refractivity contribution in [1.29, 1.82) is 0 Å². The smallest absolute Gasteiger partial charge is 0.240 e. The average molecular weight is 357 g/mol. The van der Waals surface area contributed by atoms with Crippen molar-refractivity contribution in [2.24, 2.45) is 0 Å². The maximum absolute atomic E-state index is 12.3. The minimum Gasteiger partial charge on any atom is -0.338 e. The maximum Gasteiger partial charge on any atom is 0.240 e. The van der Waals surface area contributed by atoms with Crippen molar-refractivity contribution in [3.05, 3.63) is 41.5 Å². The van der Waals surface area contributed by atoms with E-state index in [-0.39, 0.29) is 11.7 Å². The van der Waals surface area contributed by atoms with Crippen LogP contribution in [-0.2, 0) is 11.3 Å². The van der Waals surface area contributed by atoms with Crippen molar-refractivity contribution >= 4 is 17.4 Å². The Hall–Kier alpha value is -2.58. The summed E-state index contributed by atoms with van der Waals surface area (Å²) in [5.41, 5.74) is 1.24. The maximum atomic E-state index is 12.3. The molecule has 1 aromatic heterocycles. The van der Waals surface area contributed by atoms with Crippen LogP contribution in [0.15, 0.2) is 28.8 Å². The minimum absolute atomic E-state index is 0.0198. The molecule has 1 N–H and O–H groups in total. The van der Waals surface area contributed by atoms with Crippen LogP contribution < -0.4 is 5.32 Å². The van der Waals surface area contributed by atoms with Gasteiger partial charge in [0.15, 0.2) is 11.6 Å². The number of hydrogen-bond acceptors (Lipinski definition) is 7. The predicted octanol–water partition coefficient (Wildman–Crippen LogP) is 1.34.